The van der Waals surface area contributed by atoms with E-state index in [2.05, 4.69) is 25.7 Å². The number of rotatable bonds is 4. The normalized spacial score (nSPS) is 23.8. The largest absolute Gasteiger partial charge is 0.347 e. The monoisotopic (exact) mass is 371 g/mol. The Morgan fingerprint density at radius 3 is 2.81 bits per heavy atom. The smallest absolute Gasteiger partial charge is 0.289 e. The molecule has 2 amide bonds. The summed E-state index contributed by atoms with van der Waals surface area (Å²) < 4.78 is 6.98. The van der Waals surface area contributed by atoms with Crippen LogP contribution >= 0.6 is 0 Å². The van der Waals surface area contributed by atoms with Crippen LogP contribution in [0.25, 0.3) is 0 Å². The molecule has 2 aliphatic heterocycles. The molecule has 10 heteroatoms. The zero-order chi connectivity index (χ0) is 18.5. The summed E-state index contributed by atoms with van der Waals surface area (Å²) in [7, 11) is 0. The fraction of sp³-hybridized carbons (Fsp3) is 0.647. The van der Waals surface area contributed by atoms with Crippen molar-refractivity contribution in [1.82, 2.24) is 35.1 Å². The van der Waals surface area contributed by atoms with Gasteiger partial charge in [-0.15, -0.1) is 10.2 Å². The first-order valence-electron chi connectivity index (χ1n) is 9.39. The standard InChI is InChI=1S/C17H21N7O3/c1-9-18-13(27-22-9)6-14(25)23-7-10-4-5-24-15(12(10)8-23)20-21-16(24)17(26)19-11-2-3-11/h10-12H,2-8H2,1H3,(H,19,26)/t10-,12-/m1/s1. The zero-order valence-electron chi connectivity index (χ0n) is 15.1. The molecule has 2 aromatic heterocycles. The summed E-state index contributed by atoms with van der Waals surface area (Å²) in [6.07, 6.45) is 3.09. The number of nitrogens with one attached hydrogen (secondary N) is 1. The van der Waals surface area contributed by atoms with Crippen LogP contribution in [0.2, 0.25) is 0 Å². The molecule has 1 N–H and O–H groups in total. The highest BCUT2D eigenvalue weighted by Crippen LogP contribution is 2.38. The van der Waals surface area contributed by atoms with E-state index in [-0.39, 0.29) is 30.2 Å². The summed E-state index contributed by atoms with van der Waals surface area (Å²) in [5.41, 5.74) is 0. The molecule has 3 aliphatic rings. The van der Waals surface area contributed by atoms with Gasteiger partial charge in [-0.05, 0) is 32.1 Å². The second kappa shape index (κ2) is 6.14. The summed E-state index contributed by atoms with van der Waals surface area (Å²) in [5, 5.41) is 15.1. The minimum atomic E-state index is -0.146. The van der Waals surface area contributed by atoms with Gasteiger partial charge in [0.2, 0.25) is 17.6 Å². The lowest BCUT2D eigenvalue weighted by atomic mass is 9.89. The van der Waals surface area contributed by atoms with Gasteiger partial charge in [0.1, 0.15) is 12.2 Å². The van der Waals surface area contributed by atoms with Crippen LogP contribution < -0.4 is 5.32 Å². The minimum Gasteiger partial charge on any atom is -0.347 e. The molecule has 27 heavy (non-hydrogen) atoms. The second-order valence-electron chi connectivity index (χ2n) is 7.65. The van der Waals surface area contributed by atoms with Gasteiger partial charge in [0, 0.05) is 31.6 Å². The van der Waals surface area contributed by atoms with Crippen molar-refractivity contribution in [1.29, 1.82) is 0 Å². The van der Waals surface area contributed by atoms with Crippen molar-refractivity contribution in [2.45, 2.75) is 51.1 Å². The fourth-order valence-electron chi connectivity index (χ4n) is 4.06. The molecule has 0 aromatic carbocycles. The Hall–Kier alpha value is -2.78. The maximum Gasteiger partial charge on any atom is 0.289 e. The molecule has 2 atom stereocenters. The molecule has 1 aliphatic carbocycles. The van der Waals surface area contributed by atoms with E-state index in [9.17, 15) is 9.59 Å². The van der Waals surface area contributed by atoms with Crippen molar-refractivity contribution in [3.63, 3.8) is 0 Å². The number of nitrogens with zero attached hydrogens (tertiary/aromatic N) is 6. The lowest BCUT2D eigenvalue weighted by molar-refractivity contribution is -0.130. The Labute approximate surface area is 155 Å². The number of hydrogen-bond donors (Lipinski definition) is 1. The van der Waals surface area contributed by atoms with E-state index in [0.29, 0.717) is 43.1 Å². The lowest BCUT2D eigenvalue weighted by Gasteiger charge is -2.24. The summed E-state index contributed by atoms with van der Waals surface area (Å²) in [5.74, 6) is 2.36. The van der Waals surface area contributed by atoms with Crippen LogP contribution in [0.3, 0.4) is 0 Å². The molecule has 10 nitrogen and oxygen atoms in total. The molecule has 1 saturated heterocycles. The van der Waals surface area contributed by atoms with Crippen LogP contribution in [-0.4, -0.2) is 60.8 Å². The van der Waals surface area contributed by atoms with Crippen molar-refractivity contribution in [3.05, 3.63) is 23.4 Å². The van der Waals surface area contributed by atoms with Gasteiger partial charge in [-0.1, -0.05) is 5.16 Å². The summed E-state index contributed by atoms with van der Waals surface area (Å²) >= 11 is 0. The molecule has 2 fully saturated rings. The van der Waals surface area contributed by atoms with Crippen LogP contribution in [0.1, 0.15) is 53.3 Å². The first kappa shape index (κ1) is 16.4. The Morgan fingerprint density at radius 1 is 1.22 bits per heavy atom. The molecule has 0 bridgehead atoms. The predicted molar refractivity (Wildman–Crippen MR) is 90.7 cm³/mol. The molecule has 0 unspecified atom stereocenters. The van der Waals surface area contributed by atoms with E-state index in [1.807, 2.05) is 9.47 Å². The molecule has 4 heterocycles. The fourth-order valence-corrected chi connectivity index (χ4v) is 4.06. The van der Waals surface area contributed by atoms with Crippen molar-refractivity contribution < 1.29 is 14.1 Å². The molecular formula is C17H21N7O3. The number of carbonyl (C=O) groups is 2. The SMILES string of the molecule is Cc1noc(CC(=O)N2C[C@H]3CCn4c(C(=O)NC5CC5)nnc4[C@@H]3C2)n1. The van der Waals surface area contributed by atoms with Gasteiger partial charge in [0.15, 0.2) is 5.82 Å². The third-order valence-electron chi connectivity index (χ3n) is 5.62. The highest BCUT2D eigenvalue weighted by molar-refractivity contribution is 5.91. The topological polar surface area (TPSA) is 119 Å². The van der Waals surface area contributed by atoms with Crippen molar-refractivity contribution in [2.75, 3.05) is 13.1 Å². The lowest BCUT2D eigenvalue weighted by Crippen LogP contribution is -2.31. The van der Waals surface area contributed by atoms with Gasteiger partial charge >= 0.3 is 0 Å². The van der Waals surface area contributed by atoms with Crippen LogP contribution in [0.15, 0.2) is 4.52 Å². The molecule has 2 aromatic rings. The summed E-state index contributed by atoms with van der Waals surface area (Å²) in [6.45, 7) is 3.71. The maximum absolute atomic E-state index is 12.6. The van der Waals surface area contributed by atoms with E-state index in [0.717, 1.165) is 25.1 Å². The molecule has 1 saturated carbocycles. The third-order valence-corrected chi connectivity index (χ3v) is 5.62. The maximum atomic E-state index is 12.6. The molecule has 0 spiro atoms. The van der Waals surface area contributed by atoms with Gasteiger partial charge in [0.25, 0.3) is 5.91 Å². The van der Waals surface area contributed by atoms with Gasteiger partial charge < -0.3 is 19.3 Å². The van der Waals surface area contributed by atoms with E-state index in [1.54, 1.807) is 6.92 Å². The van der Waals surface area contributed by atoms with Gasteiger partial charge in [-0.25, -0.2) is 0 Å². The highest BCUT2D eigenvalue weighted by atomic mass is 16.5. The van der Waals surface area contributed by atoms with E-state index in [4.69, 9.17) is 4.52 Å². The van der Waals surface area contributed by atoms with Gasteiger partial charge in [0.05, 0.1) is 0 Å². The molecule has 142 valence electrons. The Kier molecular flexibility index (Phi) is 3.73. The molecule has 0 radical (unpaired) electrons. The summed E-state index contributed by atoms with van der Waals surface area (Å²) in [4.78, 5) is 30.9. The van der Waals surface area contributed by atoms with Crippen molar-refractivity contribution in [2.24, 2.45) is 5.92 Å². The number of amides is 2. The first-order valence-corrected chi connectivity index (χ1v) is 9.39. The number of carbonyl (C=O) groups excluding carboxylic acids is 2. The average Bonchev–Trinajstić information content (AvgIpc) is 3.06. The number of aryl methyl sites for hydroxylation is 1. The van der Waals surface area contributed by atoms with Crippen LogP contribution in [0.4, 0.5) is 0 Å². The first-order chi connectivity index (χ1) is 13.1. The van der Waals surface area contributed by atoms with E-state index >= 15 is 0 Å². The van der Waals surface area contributed by atoms with Gasteiger partial charge in [-0.2, -0.15) is 4.98 Å². The van der Waals surface area contributed by atoms with Crippen LogP contribution in [0.5, 0.6) is 0 Å². The molecule has 5 rings (SSSR count). The molecular weight excluding hydrogens is 350 g/mol. The van der Waals surface area contributed by atoms with Crippen LogP contribution in [-0.2, 0) is 17.8 Å². The Bertz CT molecular complexity index is 900. The second-order valence-corrected chi connectivity index (χ2v) is 7.65. The minimum absolute atomic E-state index is 0.0224. The predicted octanol–water partition coefficient (Wildman–Crippen LogP) is 0.0501. The quantitative estimate of drug-likeness (QED) is 0.806. The van der Waals surface area contributed by atoms with Crippen molar-refractivity contribution in [3.8, 4) is 0 Å². The van der Waals surface area contributed by atoms with Gasteiger partial charge in [-0.3, -0.25) is 9.59 Å². The third kappa shape index (κ3) is 2.98. The van der Waals surface area contributed by atoms with E-state index in [1.165, 1.54) is 0 Å². The highest BCUT2D eigenvalue weighted by Gasteiger charge is 2.42. The summed E-state index contributed by atoms with van der Waals surface area (Å²) in [6, 6.07) is 0.287. The Balaban J connectivity index is 1.30. The number of aromatic nitrogens is 5. The number of fused-ring (bicyclic) bond motifs is 3. The van der Waals surface area contributed by atoms with Crippen LogP contribution in [0, 0.1) is 12.8 Å². The Morgan fingerprint density at radius 2 is 2.07 bits per heavy atom. The number of hydrogen-bond acceptors (Lipinski definition) is 7. The van der Waals surface area contributed by atoms with Crippen molar-refractivity contribution >= 4 is 11.8 Å². The zero-order valence-corrected chi connectivity index (χ0v) is 15.1. The average molecular weight is 371 g/mol. The van der Waals surface area contributed by atoms with E-state index < -0.39 is 0 Å². The number of likely N-dealkylation sites (tertiary alicyclic amines) is 1.